The first-order valence-corrected chi connectivity index (χ1v) is 4.40. The average Bonchev–Trinajstić information content (AvgIpc) is 2.39. The molecule has 2 heteroatoms. The summed E-state index contributed by atoms with van der Waals surface area (Å²) in [7, 11) is 0. The van der Waals surface area contributed by atoms with Crippen molar-refractivity contribution in [1.82, 2.24) is 0 Å². The third kappa shape index (κ3) is 0.859. The lowest BCUT2D eigenvalue weighted by Crippen LogP contribution is -2.37. The van der Waals surface area contributed by atoms with Gasteiger partial charge in [0.1, 0.15) is 0 Å². The Kier molecular flexibility index (Phi) is 1.52. The Morgan fingerprint density at radius 2 is 2.00 bits per heavy atom. The zero-order valence-corrected chi connectivity index (χ0v) is 7.46. The highest BCUT2D eigenvalue weighted by molar-refractivity contribution is 5.01. The fraction of sp³-hybridized carbons (Fsp3) is 1.00. The monoisotopic (exact) mass is 156 g/mol. The molecule has 2 fully saturated rings. The van der Waals surface area contributed by atoms with Crippen LogP contribution in [0.25, 0.3) is 0 Å². The largest absolute Gasteiger partial charge is 0.374 e. The molecule has 2 saturated heterocycles. The first kappa shape index (κ1) is 7.56. The van der Waals surface area contributed by atoms with Crippen molar-refractivity contribution >= 4 is 0 Å². The molecule has 2 aliphatic heterocycles. The van der Waals surface area contributed by atoms with E-state index in [1.807, 2.05) is 0 Å². The van der Waals surface area contributed by atoms with E-state index in [1.54, 1.807) is 0 Å². The summed E-state index contributed by atoms with van der Waals surface area (Å²) in [6, 6.07) is 0. The maximum Gasteiger partial charge on any atom is 0.0965 e. The van der Waals surface area contributed by atoms with Gasteiger partial charge in [0, 0.05) is 11.8 Å². The zero-order chi connectivity index (χ0) is 8.06. The fourth-order valence-electron chi connectivity index (χ4n) is 2.21. The summed E-state index contributed by atoms with van der Waals surface area (Å²) in [5, 5.41) is 0. The Morgan fingerprint density at radius 1 is 1.27 bits per heavy atom. The van der Waals surface area contributed by atoms with Gasteiger partial charge in [-0.3, -0.25) is 0 Å². The van der Waals surface area contributed by atoms with Crippen molar-refractivity contribution in [2.75, 3.05) is 13.2 Å². The fourth-order valence-corrected chi connectivity index (χ4v) is 2.21. The van der Waals surface area contributed by atoms with Crippen LogP contribution in [0.3, 0.4) is 0 Å². The number of hydrogen-bond donors (Lipinski definition) is 0. The van der Waals surface area contributed by atoms with Crippen molar-refractivity contribution in [3.05, 3.63) is 0 Å². The van der Waals surface area contributed by atoms with E-state index in [0.29, 0.717) is 17.9 Å². The molecule has 2 rings (SSSR count). The standard InChI is InChI=1S/C9H16O2/c1-6-4-11-9(3)7(2)5-10-8(6)9/h6-8H,4-5H2,1-3H3. The van der Waals surface area contributed by atoms with Gasteiger partial charge in [0.05, 0.1) is 24.9 Å². The summed E-state index contributed by atoms with van der Waals surface area (Å²) in [4.78, 5) is 0. The Labute approximate surface area is 67.9 Å². The molecule has 2 nitrogen and oxygen atoms in total. The van der Waals surface area contributed by atoms with Gasteiger partial charge in [-0.2, -0.15) is 0 Å². The second-order valence-corrected chi connectivity index (χ2v) is 4.13. The van der Waals surface area contributed by atoms with Crippen LogP contribution < -0.4 is 0 Å². The molecule has 4 unspecified atom stereocenters. The van der Waals surface area contributed by atoms with E-state index < -0.39 is 0 Å². The Hall–Kier alpha value is -0.0800. The van der Waals surface area contributed by atoms with Crippen molar-refractivity contribution in [2.45, 2.75) is 32.5 Å². The average molecular weight is 156 g/mol. The molecule has 4 atom stereocenters. The molecular weight excluding hydrogens is 140 g/mol. The molecule has 0 spiro atoms. The van der Waals surface area contributed by atoms with Gasteiger partial charge in [0.15, 0.2) is 0 Å². The van der Waals surface area contributed by atoms with Crippen LogP contribution in [-0.4, -0.2) is 24.9 Å². The molecule has 0 aromatic carbocycles. The molecular formula is C9H16O2. The van der Waals surface area contributed by atoms with Crippen LogP contribution in [0.15, 0.2) is 0 Å². The lowest BCUT2D eigenvalue weighted by molar-refractivity contribution is -0.0244. The molecule has 11 heavy (non-hydrogen) atoms. The maximum absolute atomic E-state index is 5.76. The van der Waals surface area contributed by atoms with Crippen molar-refractivity contribution in [3.63, 3.8) is 0 Å². The zero-order valence-electron chi connectivity index (χ0n) is 7.46. The smallest absolute Gasteiger partial charge is 0.0965 e. The summed E-state index contributed by atoms with van der Waals surface area (Å²) in [5.74, 6) is 1.13. The van der Waals surface area contributed by atoms with Crippen LogP contribution in [0.4, 0.5) is 0 Å². The van der Waals surface area contributed by atoms with Crippen molar-refractivity contribution in [3.8, 4) is 0 Å². The molecule has 0 aliphatic carbocycles. The van der Waals surface area contributed by atoms with Crippen LogP contribution in [-0.2, 0) is 9.47 Å². The molecule has 0 saturated carbocycles. The molecule has 2 aliphatic rings. The second-order valence-electron chi connectivity index (χ2n) is 4.13. The minimum Gasteiger partial charge on any atom is -0.374 e. The van der Waals surface area contributed by atoms with Gasteiger partial charge in [0.25, 0.3) is 0 Å². The summed E-state index contributed by atoms with van der Waals surface area (Å²) in [6.07, 6.45) is 0.345. The number of fused-ring (bicyclic) bond motifs is 1. The summed E-state index contributed by atoms with van der Waals surface area (Å²) < 4.78 is 11.4. The van der Waals surface area contributed by atoms with Crippen LogP contribution >= 0.6 is 0 Å². The molecule has 0 radical (unpaired) electrons. The predicted molar refractivity (Wildman–Crippen MR) is 42.4 cm³/mol. The summed E-state index contributed by atoms with van der Waals surface area (Å²) >= 11 is 0. The normalized spacial score (nSPS) is 56.5. The predicted octanol–water partition coefficient (Wildman–Crippen LogP) is 1.45. The van der Waals surface area contributed by atoms with Gasteiger partial charge in [-0.25, -0.2) is 0 Å². The van der Waals surface area contributed by atoms with Crippen molar-refractivity contribution in [1.29, 1.82) is 0 Å². The van der Waals surface area contributed by atoms with E-state index in [0.717, 1.165) is 13.2 Å². The SMILES string of the molecule is CC1COC2(C)C(C)COC12. The quantitative estimate of drug-likeness (QED) is 0.528. The highest BCUT2D eigenvalue weighted by Crippen LogP contribution is 2.43. The summed E-state index contributed by atoms with van der Waals surface area (Å²) in [5.41, 5.74) is 0.0133. The van der Waals surface area contributed by atoms with E-state index in [4.69, 9.17) is 9.47 Å². The van der Waals surface area contributed by atoms with E-state index >= 15 is 0 Å². The van der Waals surface area contributed by atoms with Gasteiger partial charge in [-0.1, -0.05) is 13.8 Å². The minimum atomic E-state index is 0.0133. The molecule has 0 bridgehead atoms. The number of rotatable bonds is 0. The summed E-state index contributed by atoms with van der Waals surface area (Å²) in [6.45, 7) is 8.32. The number of ether oxygens (including phenoxy) is 2. The third-order valence-corrected chi connectivity index (χ3v) is 3.24. The van der Waals surface area contributed by atoms with E-state index in [-0.39, 0.29) is 5.60 Å². The van der Waals surface area contributed by atoms with Gasteiger partial charge < -0.3 is 9.47 Å². The highest BCUT2D eigenvalue weighted by atomic mass is 16.6. The van der Waals surface area contributed by atoms with Crippen molar-refractivity contribution in [2.24, 2.45) is 11.8 Å². The molecule has 2 heterocycles. The highest BCUT2D eigenvalue weighted by Gasteiger charge is 2.53. The van der Waals surface area contributed by atoms with Gasteiger partial charge >= 0.3 is 0 Å². The lowest BCUT2D eigenvalue weighted by Gasteiger charge is -2.26. The van der Waals surface area contributed by atoms with E-state index in [9.17, 15) is 0 Å². The number of hydrogen-bond acceptors (Lipinski definition) is 2. The van der Waals surface area contributed by atoms with Crippen LogP contribution in [0.1, 0.15) is 20.8 Å². The Bertz CT molecular complexity index is 169. The topological polar surface area (TPSA) is 18.5 Å². The second kappa shape index (κ2) is 2.20. The van der Waals surface area contributed by atoms with Gasteiger partial charge in [0.2, 0.25) is 0 Å². The molecule has 64 valence electrons. The van der Waals surface area contributed by atoms with Crippen LogP contribution in [0.5, 0.6) is 0 Å². The molecule has 0 N–H and O–H groups in total. The first-order chi connectivity index (χ1) is 5.14. The van der Waals surface area contributed by atoms with Gasteiger partial charge in [-0.15, -0.1) is 0 Å². The van der Waals surface area contributed by atoms with E-state index in [2.05, 4.69) is 20.8 Å². The van der Waals surface area contributed by atoms with Gasteiger partial charge in [-0.05, 0) is 6.92 Å². The maximum atomic E-state index is 5.76. The molecule has 0 amide bonds. The molecule has 0 aromatic heterocycles. The van der Waals surface area contributed by atoms with Crippen LogP contribution in [0, 0.1) is 11.8 Å². The Balaban J connectivity index is 2.23. The lowest BCUT2D eigenvalue weighted by atomic mass is 9.86. The Morgan fingerprint density at radius 3 is 2.64 bits per heavy atom. The van der Waals surface area contributed by atoms with E-state index in [1.165, 1.54) is 0 Å². The van der Waals surface area contributed by atoms with Crippen LogP contribution in [0.2, 0.25) is 0 Å². The third-order valence-electron chi connectivity index (χ3n) is 3.24. The molecule has 0 aromatic rings. The first-order valence-electron chi connectivity index (χ1n) is 4.40. The minimum absolute atomic E-state index is 0.0133. The van der Waals surface area contributed by atoms with Crippen molar-refractivity contribution < 1.29 is 9.47 Å².